The van der Waals surface area contributed by atoms with Crippen LogP contribution < -0.4 is 10.6 Å². The molecule has 0 atom stereocenters. The first-order valence-corrected chi connectivity index (χ1v) is 6.78. The molecule has 2 aromatic rings. The van der Waals surface area contributed by atoms with Gasteiger partial charge in [0, 0.05) is 12.7 Å². The van der Waals surface area contributed by atoms with Gasteiger partial charge < -0.3 is 15.4 Å². The number of rotatable bonds is 5. The number of methoxy groups -OCH3 is 1. The van der Waals surface area contributed by atoms with Gasteiger partial charge in [-0.05, 0) is 37.3 Å². The van der Waals surface area contributed by atoms with E-state index in [2.05, 4.69) is 9.88 Å². The normalized spacial score (nSPS) is 10.2. The van der Waals surface area contributed by atoms with Gasteiger partial charge in [0.05, 0.1) is 36.3 Å². The minimum absolute atomic E-state index is 0.370. The van der Waals surface area contributed by atoms with Crippen molar-refractivity contribution in [3.63, 3.8) is 0 Å². The number of hydrogen-bond acceptors (Lipinski definition) is 5. The third kappa shape index (κ3) is 3.51. The van der Waals surface area contributed by atoms with Crippen LogP contribution in [0, 0.1) is 0 Å². The van der Waals surface area contributed by atoms with Gasteiger partial charge in [-0.3, -0.25) is 4.98 Å². The first-order chi connectivity index (χ1) is 10.2. The highest BCUT2D eigenvalue weighted by atomic mass is 16.5. The first-order valence-electron chi connectivity index (χ1n) is 6.78. The molecule has 0 aliphatic heterocycles. The summed E-state index contributed by atoms with van der Waals surface area (Å²) in [5, 5.41) is 0. The SMILES string of the molecule is CCN(Cc1ccccn1)c1cc(C(=O)OC)ccc1N. The molecule has 0 bridgehead atoms. The summed E-state index contributed by atoms with van der Waals surface area (Å²) >= 11 is 0. The second-order valence-corrected chi connectivity index (χ2v) is 4.60. The predicted molar refractivity (Wildman–Crippen MR) is 83.2 cm³/mol. The van der Waals surface area contributed by atoms with Gasteiger partial charge in [0.15, 0.2) is 0 Å². The molecule has 110 valence electrons. The van der Waals surface area contributed by atoms with E-state index in [0.29, 0.717) is 17.8 Å². The average molecular weight is 285 g/mol. The van der Waals surface area contributed by atoms with Crippen molar-refractivity contribution in [2.75, 3.05) is 24.3 Å². The molecule has 0 saturated carbocycles. The summed E-state index contributed by atoms with van der Waals surface area (Å²) < 4.78 is 4.75. The maximum Gasteiger partial charge on any atom is 0.337 e. The second-order valence-electron chi connectivity index (χ2n) is 4.60. The molecule has 0 spiro atoms. The Morgan fingerprint density at radius 2 is 2.14 bits per heavy atom. The zero-order chi connectivity index (χ0) is 15.2. The minimum Gasteiger partial charge on any atom is -0.465 e. The zero-order valence-corrected chi connectivity index (χ0v) is 12.2. The van der Waals surface area contributed by atoms with Crippen molar-refractivity contribution in [1.82, 2.24) is 4.98 Å². The van der Waals surface area contributed by atoms with Gasteiger partial charge in [0.25, 0.3) is 0 Å². The van der Waals surface area contributed by atoms with Crippen molar-refractivity contribution < 1.29 is 9.53 Å². The summed E-state index contributed by atoms with van der Waals surface area (Å²) in [6.07, 6.45) is 1.76. The Morgan fingerprint density at radius 3 is 2.76 bits per heavy atom. The van der Waals surface area contributed by atoms with Crippen LogP contribution in [-0.4, -0.2) is 24.6 Å². The number of hydrogen-bond donors (Lipinski definition) is 1. The zero-order valence-electron chi connectivity index (χ0n) is 12.2. The Bertz CT molecular complexity index is 614. The van der Waals surface area contributed by atoms with Crippen LogP contribution in [0.4, 0.5) is 11.4 Å². The van der Waals surface area contributed by atoms with E-state index in [9.17, 15) is 4.79 Å². The number of nitrogens with two attached hydrogens (primary N) is 1. The van der Waals surface area contributed by atoms with E-state index in [4.69, 9.17) is 10.5 Å². The summed E-state index contributed by atoms with van der Waals surface area (Å²) in [6, 6.07) is 10.9. The van der Waals surface area contributed by atoms with Crippen molar-refractivity contribution >= 4 is 17.3 Å². The topological polar surface area (TPSA) is 68.5 Å². The number of carbonyl (C=O) groups excluding carboxylic acids is 1. The van der Waals surface area contributed by atoms with Crippen LogP contribution in [0.3, 0.4) is 0 Å². The van der Waals surface area contributed by atoms with Crippen LogP contribution in [0.15, 0.2) is 42.6 Å². The number of pyridine rings is 1. The standard InChI is InChI=1S/C16H19N3O2/c1-3-19(11-13-6-4-5-9-18-13)15-10-12(16(20)21-2)7-8-14(15)17/h4-10H,3,11,17H2,1-2H3. The van der Waals surface area contributed by atoms with E-state index in [1.807, 2.05) is 25.1 Å². The van der Waals surface area contributed by atoms with Gasteiger partial charge in [0.1, 0.15) is 0 Å². The monoisotopic (exact) mass is 285 g/mol. The fraction of sp³-hybridized carbons (Fsp3) is 0.250. The van der Waals surface area contributed by atoms with E-state index >= 15 is 0 Å². The summed E-state index contributed by atoms with van der Waals surface area (Å²) in [7, 11) is 1.36. The maximum atomic E-state index is 11.7. The van der Waals surface area contributed by atoms with Gasteiger partial charge in [0.2, 0.25) is 0 Å². The largest absolute Gasteiger partial charge is 0.465 e. The highest BCUT2D eigenvalue weighted by Crippen LogP contribution is 2.26. The average Bonchev–Trinajstić information content (AvgIpc) is 2.53. The van der Waals surface area contributed by atoms with E-state index in [1.165, 1.54) is 7.11 Å². The van der Waals surface area contributed by atoms with Crippen LogP contribution in [0.2, 0.25) is 0 Å². The number of ether oxygens (including phenoxy) is 1. The van der Waals surface area contributed by atoms with Gasteiger partial charge in [-0.1, -0.05) is 6.07 Å². The molecule has 0 aliphatic rings. The lowest BCUT2D eigenvalue weighted by atomic mass is 10.1. The lowest BCUT2D eigenvalue weighted by molar-refractivity contribution is 0.0601. The van der Waals surface area contributed by atoms with Crippen molar-refractivity contribution in [2.24, 2.45) is 0 Å². The van der Waals surface area contributed by atoms with E-state index in [0.717, 1.165) is 17.9 Å². The van der Waals surface area contributed by atoms with Gasteiger partial charge in [-0.15, -0.1) is 0 Å². The van der Waals surface area contributed by atoms with Crippen LogP contribution >= 0.6 is 0 Å². The Balaban J connectivity index is 2.31. The highest BCUT2D eigenvalue weighted by Gasteiger charge is 2.13. The van der Waals surface area contributed by atoms with Crippen LogP contribution in [0.5, 0.6) is 0 Å². The number of esters is 1. The molecule has 1 aromatic carbocycles. The summed E-state index contributed by atoms with van der Waals surface area (Å²) in [6.45, 7) is 3.42. The molecule has 5 heteroatoms. The van der Waals surface area contributed by atoms with Crippen molar-refractivity contribution in [3.05, 3.63) is 53.9 Å². The molecule has 1 heterocycles. The maximum absolute atomic E-state index is 11.7. The third-order valence-corrected chi connectivity index (χ3v) is 3.25. The number of carbonyl (C=O) groups is 1. The molecular weight excluding hydrogens is 266 g/mol. The Kier molecular flexibility index (Phi) is 4.77. The van der Waals surface area contributed by atoms with Gasteiger partial charge >= 0.3 is 5.97 Å². The number of nitrogens with zero attached hydrogens (tertiary/aromatic N) is 2. The molecule has 21 heavy (non-hydrogen) atoms. The molecule has 2 rings (SSSR count). The van der Waals surface area contributed by atoms with Crippen molar-refractivity contribution in [1.29, 1.82) is 0 Å². The van der Waals surface area contributed by atoms with Crippen LogP contribution in [0.1, 0.15) is 23.0 Å². The van der Waals surface area contributed by atoms with Crippen LogP contribution in [0.25, 0.3) is 0 Å². The molecule has 5 nitrogen and oxygen atoms in total. The Labute approximate surface area is 124 Å². The van der Waals surface area contributed by atoms with E-state index < -0.39 is 0 Å². The van der Waals surface area contributed by atoms with Gasteiger partial charge in [-0.25, -0.2) is 4.79 Å². The summed E-state index contributed by atoms with van der Waals surface area (Å²) in [4.78, 5) is 18.0. The molecule has 0 radical (unpaired) electrons. The molecule has 0 fully saturated rings. The molecule has 0 aliphatic carbocycles. The molecule has 1 aromatic heterocycles. The summed E-state index contributed by atoms with van der Waals surface area (Å²) in [5.74, 6) is -0.370. The highest BCUT2D eigenvalue weighted by molar-refractivity contribution is 5.92. The Hall–Kier alpha value is -2.56. The second kappa shape index (κ2) is 6.74. The molecular formula is C16H19N3O2. The number of anilines is 2. The molecule has 0 unspecified atom stereocenters. The number of nitrogen functional groups attached to an aromatic ring is 1. The Morgan fingerprint density at radius 1 is 1.33 bits per heavy atom. The van der Waals surface area contributed by atoms with E-state index in [-0.39, 0.29) is 5.97 Å². The lowest BCUT2D eigenvalue weighted by Crippen LogP contribution is -2.24. The lowest BCUT2D eigenvalue weighted by Gasteiger charge is -2.24. The number of benzene rings is 1. The number of aromatic nitrogens is 1. The fourth-order valence-corrected chi connectivity index (χ4v) is 2.12. The smallest absolute Gasteiger partial charge is 0.337 e. The molecule has 0 saturated heterocycles. The minimum atomic E-state index is -0.370. The van der Waals surface area contributed by atoms with Gasteiger partial charge in [-0.2, -0.15) is 0 Å². The van der Waals surface area contributed by atoms with Crippen molar-refractivity contribution in [2.45, 2.75) is 13.5 Å². The van der Waals surface area contributed by atoms with Crippen molar-refractivity contribution in [3.8, 4) is 0 Å². The van der Waals surface area contributed by atoms with Crippen LogP contribution in [-0.2, 0) is 11.3 Å². The first kappa shape index (κ1) is 14.8. The summed E-state index contributed by atoms with van der Waals surface area (Å²) in [5.41, 5.74) is 8.92. The molecule has 2 N–H and O–H groups in total. The van der Waals surface area contributed by atoms with E-state index in [1.54, 1.807) is 24.4 Å². The quantitative estimate of drug-likeness (QED) is 0.675. The predicted octanol–water partition coefficient (Wildman–Crippen LogP) is 2.48. The molecule has 0 amide bonds. The third-order valence-electron chi connectivity index (χ3n) is 3.25. The fourth-order valence-electron chi connectivity index (χ4n) is 2.12.